The second kappa shape index (κ2) is 12.2. The minimum absolute atomic E-state index is 0.387. The fourth-order valence-electron chi connectivity index (χ4n) is 3.36. The second-order valence-corrected chi connectivity index (χ2v) is 8.92. The molecule has 0 heterocycles. The largest absolute Gasteiger partial charge is 0.490 e. The molecule has 182 valence electrons. The van der Waals surface area contributed by atoms with Gasteiger partial charge in [-0.3, -0.25) is 9.59 Å². The second-order valence-electron chi connectivity index (χ2n) is 8.07. The summed E-state index contributed by atoms with van der Waals surface area (Å²) in [4.78, 5) is 24.3. The fraction of sp³-hybridized carbons (Fsp3) is 0.222. The third-order valence-electron chi connectivity index (χ3n) is 4.90. The number of carbonyl (C=O) groups is 2. The number of nitrogens with zero attached hydrogens (tertiary/aromatic N) is 1. The van der Waals surface area contributed by atoms with Crippen LogP contribution in [-0.2, 0) is 16.2 Å². The van der Waals surface area contributed by atoms with E-state index in [1.807, 2.05) is 58.0 Å². The standard InChI is InChI=1S/C27H28BrN3O4/c1-5-34-24-14-21(13-23(28)25(24)35-16-20-8-6-17(2)7-9-20)15-29-31-27(33)26(32)30-22-11-18(3)10-19(4)12-22/h6-15H,5,16H2,1-4H3,(H,30,32)(H,31,33). The zero-order chi connectivity index (χ0) is 25.4. The van der Waals surface area contributed by atoms with Gasteiger partial charge in [0.1, 0.15) is 6.61 Å². The van der Waals surface area contributed by atoms with E-state index in [1.165, 1.54) is 11.8 Å². The summed E-state index contributed by atoms with van der Waals surface area (Å²) >= 11 is 3.53. The summed E-state index contributed by atoms with van der Waals surface area (Å²) in [5.74, 6) is -0.568. The Hall–Kier alpha value is -3.65. The van der Waals surface area contributed by atoms with E-state index >= 15 is 0 Å². The first-order chi connectivity index (χ1) is 16.7. The van der Waals surface area contributed by atoms with Crippen molar-refractivity contribution in [3.05, 3.63) is 86.9 Å². The number of halogens is 1. The Morgan fingerprint density at radius 2 is 1.60 bits per heavy atom. The van der Waals surface area contributed by atoms with Crippen LogP contribution in [0.1, 0.15) is 34.7 Å². The number of hydrogen-bond donors (Lipinski definition) is 2. The lowest BCUT2D eigenvalue weighted by Crippen LogP contribution is -2.32. The molecule has 3 aromatic rings. The van der Waals surface area contributed by atoms with E-state index in [4.69, 9.17) is 9.47 Å². The highest BCUT2D eigenvalue weighted by Crippen LogP contribution is 2.37. The van der Waals surface area contributed by atoms with Crippen LogP contribution in [0.25, 0.3) is 0 Å². The number of rotatable bonds is 8. The average Bonchev–Trinajstić information content (AvgIpc) is 2.79. The zero-order valence-corrected chi connectivity index (χ0v) is 21.7. The fourth-order valence-corrected chi connectivity index (χ4v) is 3.93. The van der Waals surface area contributed by atoms with Crippen molar-refractivity contribution in [1.29, 1.82) is 0 Å². The molecule has 2 N–H and O–H groups in total. The lowest BCUT2D eigenvalue weighted by molar-refractivity contribution is -0.136. The van der Waals surface area contributed by atoms with Gasteiger partial charge < -0.3 is 14.8 Å². The molecule has 0 aromatic heterocycles. The van der Waals surface area contributed by atoms with Crippen molar-refractivity contribution >= 4 is 39.6 Å². The molecule has 2 amide bonds. The van der Waals surface area contributed by atoms with Gasteiger partial charge in [0.25, 0.3) is 0 Å². The van der Waals surface area contributed by atoms with E-state index in [-0.39, 0.29) is 0 Å². The van der Waals surface area contributed by atoms with Crippen LogP contribution in [0, 0.1) is 20.8 Å². The van der Waals surface area contributed by atoms with Gasteiger partial charge in [-0.1, -0.05) is 35.9 Å². The number of aryl methyl sites for hydroxylation is 3. The maximum Gasteiger partial charge on any atom is 0.329 e. The number of ether oxygens (including phenoxy) is 2. The number of amides is 2. The topological polar surface area (TPSA) is 89.0 Å². The first-order valence-electron chi connectivity index (χ1n) is 11.1. The van der Waals surface area contributed by atoms with Crippen molar-refractivity contribution in [2.45, 2.75) is 34.3 Å². The third-order valence-corrected chi connectivity index (χ3v) is 5.49. The van der Waals surface area contributed by atoms with Gasteiger partial charge in [0.15, 0.2) is 11.5 Å². The van der Waals surface area contributed by atoms with Crippen LogP contribution < -0.4 is 20.2 Å². The van der Waals surface area contributed by atoms with Gasteiger partial charge in [0.2, 0.25) is 0 Å². The molecular formula is C27H28BrN3O4. The number of benzene rings is 3. The molecule has 0 fully saturated rings. The molecule has 0 aliphatic rings. The summed E-state index contributed by atoms with van der Waals surface area (Å²) < 4.78 is 12.4. The van der Waals surface area contributed by atoms with E-state index in [9.17, 15) is 9.59 Å². The summed E-state index contributed by atoms with van der Waals surface area (Å²) in [6.07, 6.45) is 1.43. The van der Waals surface area contributed by atoms with Gasteiger partial charge in [-0.05, 0) is 90.1 Å². The van der Waals surface area contributed by atoms with E-state index in [2.05, 4.69) is 31.8 Å². The Morgan fingerprint density at radius 1 is 0.914 bits per heavy atom. The predicted molar refractivity (Wildman–Crippen MR) is 141 cm³/mol. The minimum Gasteiger partial charge on any atom is -0.490 e. The lowest BCUT2D eigenvalue weighted by atomic mass is 10.1. The van der Waals surface area contributed by atoms with Gasteiger partial charge >= 0.3 is 11.8 Å². The van der Waals surface area contributed by atoms with E-state index in [0.717, 1.165) is 16.7 Å². The van der Waals surface area contributed by atoms with Crippen LogP contribution in [0.4, 0.5) is 5.69 Å². The van der Waals surface area contributed by atoms with Crippen molar-refractivity contribution in [3.63, 3.8) is 0 Å². The Morgan fingerprint density at radius 3 is 2.26 bits per heavy atom. The molecule has 0 aliphatic carbocycles. The maximum absolute atomic E-state index is 12.2. The highest BCUT2D eigenvalue weighted by molar-refractivity contribution is 9.10. The van der Waals surface area contributed by atoms with Crippen molar-refractivity contribution in [2.24, 2.45) is 5.10 Å². The molecule has 0 radical (unpaired) electrons. The van der Waals surface area contributed by atoms with Crippen LogP contribution in [0.15, 0.2) is 64.2 Å². The van der Waals surface area contributed by atoms with E-state index in [1.54, 1.807) is 24.3 Å². The number of carbonyl (C=O) groups excluding carboxylic acids is 2. The number of nitrogens with one attached hydrogen (secondary N) is 2. The van der Waals surface area contributed by atoms with Crippen LogP contribution in [0.2, 0.25) is 0 Å². The minimum atomic E-state index is -0.873. The first-order valence-corrected chi connectivity index (χ1v) is 11.9. The van der Waals surface area contributed by atoms with Crippen molar-refractivity contribution in [1.82, 2.24) is 5.43 Å². The van der Waals surface area contributed by atoms with Crippen molar-refractivity contribution < 1.29 is 19.1 Å². The molecule has 0 bridgehead atoms. The number of hydrogen-bond acceptors (Lipinski definition) is 5. The van der Waals surface area contributed by atoms with E-state index < -0.39 is 11.8 Å². The third kappa shape index (κ3) is 7.68. The Labute approximate surface area is 213 Å². The summed E-state index contributed by atoms with van der Waals surface area (Å²) in [5.41, 5.74) is 7.65. The first kappa shape index (κ1) is 26.0. The maximum atomic E-state index is 12.2. The van der Waals surface area contributed by atoms with Crippen molar-refractivity contribution in [3.8, 4) is 11.5 Å². The smallest absolute Gasteiger partial charge is 0.329 e. The molecule has 0 aliphatic heterocycles. The zero-order valence-electron chi connectivity index (χ0n) is 20.1. The highest BCUT2D eigenvalue weighted by Gasteiger charge is 2.14. The van der Waals surface area contributed by atoms with Gasteiger partial charge in [0.05, 0.1) is 17.3 Å². The van der Waals surface area contributed by atoms with Crippen molar-refractivity contribution in [2.75, 3.05) is 11.9 Å². The Kier molecular flexibility index (Phi) is 9.03. The molecule has 0 spiro atoms. The predicted octanol–water partition coefficient (Wildman–Crippen LogP) is 5.44. The van der Waals surface area contributed by atoms with E-state index in [0.29, 0.717) is 40.4 Å². The summed E-state index contributed by atoms with van der Waals surface area (Å²) in [6, 6.07) is 17.2. The van der Waals surface area contributed by atoms with Crippen LogP contribution in [-0.4, -0.2) is 24.6 Å². The number of anilines is 1. The molecule has 35 heavy (non-hydrogen) atoms. The van der Waals surface area contributed by atoms with Gasteiger partial charge in [0, 0.05) is 5.69 Å². The molecule has 7 nitrogen and oxygen atoms in total. The van der Waals surface area contributed by atoms with Gasteiger partial charge in [-0.15, -0.1) is 0 Å². The lowest BCUT2D eigenvalue weighted by Gasteiger charge is -2.15. The molecule has 3 aromatic carbocycles. The van der Waals surface area contributed by atoms with Crippen LogP contribution in [0.5, 0.6) is 11.5 Å². The summed E-state index contributed by atoms with van der Waals surface area (Å²) in [7, 11) is 0. The quantitative estimate of drug-likeness (QED) is 0.227. The summed E-state index contributed by atoms with van der Waals surface area (Å²) in [5, 5.41) is 6.49. The molecular weight excluding hydrogens is 510 g/mol. The Bertz CT molecular complexity index is 1220. The molecule has 0 atom stereocenters. The molecule has 8 heteroatoms. The molecule has 0 unspecified atom stereocenters. The molecule has 0 saturated carbocycles. The highest BCUT2D eigenvalue weighted by atomic mass is 79.9. The average molecular weight is 538 g/mol. The van der Waals surface area contributed by atoms with Gasteiger partial charge in [-0.2, -0.15) is 5.10 Å². The van der Waals surface area contributed by atoms with Gasteiger partial charge in [-0.25, -0.2) is 5.43 Å². The van der Waals surface area contributed by atoms with Crippen LogP contribution >= 0.6 is 15.9 Å². The Balaban J connectivity index is 1.65. The normalized spacial score (nSPS) is 10.8. The summed E-state index contributed by atoms with van der Waals surface area (Å²) in [6.45, 7) is 8.59. The van der Waals surface area contributed by atoms with Crippen LogP contribution in [0.3, 0.4) is 0 Å². The SMILES string of the molecule is CCOc1cc(C=NNC(=O)C(=O)Nc2cc(C)cc(C)c2)cc(Br)c1OCc1ccc(C)cc1. The molecule has 0 saturated heterocycles. The molecule has 3 rings (SSSR count). The monoisotopic (exact) mass is 537 g/mol. The number of hydrazone groups is 1.